The third kappa shape index (κ3) is 4.91. The third-order valence-electron chi connectivity index (χ3n) is 14.1. The summed E-state index contributed by atoms with van der Waals surface area (Å²) in [4.78, 5) is 0. The van der Waals surface area contributed by atoms with Crippen LogP contribution in [0.2, 0.25) is 0 Å². The molecule has 0 saturated heterocycles. The molecule has 12 rings (SSSR count). The fourth-order valence-electron chi connectivity index (χ4n) is 11.1. The van der Waals surface area contributed by atoms with Crippen LogP contribution in [0.15, 0.2) is 194 Å². The van der Waals surface area contributed by atoms with Crippen LogP contribution in [0.25, 0.3) is 99.1 Å². The predicted molar refractivity (Wildman–Crippen MR) is 256 cm³/mol. The summed E-state index contributed by atoms with van der Waals surface area (Å²) in [5, 5.41) is 7.78. The van der Waals surface area contributed by atoms with Crippen LogP contribution in [0.5, 0.6) is 0 Å². The molecular weight excluding hydrogens is 721 g/mol. The molecule has 2 aliphatic carbocycles. The van der Waals surface area contributed by atoms with Gasteiger partial charge in [0.15, 0.2) is 0 Å². The Morgan fingerprint density at radius 1 is 0.250 bits per heavy atom. The highest BCUT2D eigenvalue weighted by Crippen LogP contribution is 2.57. The molecule has 0 aromatic heterocycles. The Bertz CT molecular complexity index is 3170. The van der Waals surface area contributed by atoms with E-state index in [4.69, 9.17) is 0 Å². The van der Waals surface area contributed by atoms with E-state index in [1.807, 2.05) is 0 Å². The lowest BCUT2D eigenvalue weighted by atomic mass is 9.79. The highest BCUT2D eigenvalue weighted by Gasteiger charge is 2.40. The van der Waals surface area contributed by atoms with Gasteiger partial charge >= 0.3 is 0 Å². The van der Waals surface area contributed by atoms with Gasteiger partial charge in [0, 0.05) is 10.8 Å². The molecule has 0 radical (unpaired) electrons. The molecule has 0 fully saturated rings. The molecule has 0 nitrogen and oxygen atoms in total. The van der Waals surface area contributed by atoms with Crippen molar-refractivity contribution >= 4 is 32.3 Å². The largest absolute Gasteiger partial charge is 0.0622 e. The Labute approximate surface area is 352 Å². The molecule has 0 heteroatoms. The minimum absolute atomic E-state index is 0.160. The Morgan fingerprint density at radius 2 is 0.633 bits per heavy atom. The summed E-state index contributed by atoms with van der Waals surface area (Å²) in [7, 11) is 0. The van der Waals surface area contributed by atoms with Gasteiger partial charge in [-0.2, -0.15) is 0 Å². The fraction of sp³-hybridized carbons (Fsp3) is 0.100. The highest BCUT2D eigenvalue weighted by atomic mass is 14.4. The number of hydrogen-bond donors (Lipinski definition) is 0. The van der Waals surface area contributed by atoms with Crippen LogP contribution in [0, 0.1) is 0 Å². The molecule has 0 bridgehead atoms. The van der Waals surface area contributed by atoms with Gasteiger partial charge in [0.25, 0.3) is 0 Å². The molecule has 0 amide bonds. The third-order valence-corrected chi connectivity index (χ3v) is 14.1. The Hall–Kier alpha value is -7.02. The number of rotatable bonds is 4. The SMILES string of the molecule is CC1(C)c2cc(-c3c(-c4ccccc4)ccc4ccccc34)ccc2-c2c1ccc1c3c(ccc21)C(C)(C)c1cc(-c2c(-c4ccccc4)ccc4ccccc24)ccc1-3. The molecular formula is C60H44. The summed E-state index contributed by atoms with van der Waals surface area (Å²) in [6, 6.07) is 72.8. The van der Waals surface area contributed by atoms with Gasteiger partial charge < -0.3 is 0 Å². The van der Waals surface area contributed by atoms with Crippen molar-refractivity contribution in [2.45, 2.75) is 38.5 Å². The average molecular weight is 765 g/mol. The van der Waals surface area contributed by atoms with Crippen molar-refractivity contribution in [3.63, 3.8) is 0 Å². The molecule has 10 aromatic rings. The maximum atomic E-state index is 2.50. The summed E-state index contributed by atoms with van der Waals surface area (Å²) in [5.41, 5.74) is 20.9. The summed E-state index contributed by atoms with van der Waals surface area (Å²) in [6.07, 6.45) is 0. The molecule has 2 aliphatic rings. The van der Waals surface area contributed by atoms with E-state index in [0.29, 0.717) is 0 Å². The molecule has 0 N–H and O–H groups in total. The van der Waals surface area contributed by atoms with Crippen LogP contribution < -0.4 is 0 Å². The van der Waals surface area contributed by atoms with Crippen molar-refractivity contribution in [1.82, 2.24) is 0 Å². The molecule has 60 heavy (non-hydrogen) atoms. The molecule has 10 aromatic carbocycles. The molecule has 0 saturated carbocycles. The smallest absolute Gasteiger partial charge is 0.0159 e. The second-order valence-electron chi connectivity index (χ2n) is 18.0. The van der Waals surface area contributed by atoms with Crippen molar-refractivity contribution in [1.29, 1.82) is 0 Å². The van der Waals surface area contributed by atoms with Crippen molar-refractivity contribution in [2.24, 2.45) is 0 Å². The quantitative estimate of drug-likeness (QED) is 0.167. The van der Waals surface area contributed by atoms with E-state index in [-0.39, 0.29) is 10.8 Å². The van der Waals surface area contributed by atoms with E-state index in [2.05, 4.69) is 222 Å². The van der Waals surface area contributed by atoms with E-state index < -0.39 is 0 Å². The number of benzene rings is 10. The first-order chi connectivity index (χ1) is 29.3. The Morgan fingerprint density at radius 3 is 1.07 bits per heavy atom. The van der Waals surface area contributed by atoms with E-state index in [9.17, 15) is 0 Å². The maximum Gasteiger partial charge on any atom is 0.0159 e. The first kappa shape index (κ1) is 35.0. The van der Waals surface area contributed by atoms with E-state index >= 15 is 0 Å². The number of fused-ring (bicyclic) bond motifs is 11. The standard InChI is InChI=1S/C60H44/c1-59(2)51-33-31-48-47(57(51)49-29-25-41(35-53(49)59)55-43-21-13-11-19-39(43)23-27-45(55)37-15-7-5-8-16-37)32-34-52-58(48)50-30-26-42(36-54(50)60(52,3)4)56-44-22-14-12-20-40(44)24-28-46(56)38-17-9-6-10-18-38/h5-36H,1-4H3. The first-order valence-electron chi connectivity index (χ1n) is 21.3. The van der Waals surface area contributed by atoms with Gasteiger partial charge in [-0.15, -0.1) is 0 Å². The second-order valence-corrected chi connectivity index (χ2v) is 18.0. The monoisotopic (exact) mass is 764 g/mol. The van der Waals surface area contributed by atoms with Gasteiger partial charge in [0.1, 0.15) is 0 Å². The van der Waals surface area contributed by atoms with Gasteiger partial charge in [-0.3, -0.25) is 0 Å². The van der Waals surface area contributed by atoms with Crippen molar-refractivity contribution in [3.8, 4) is 66.8 Å². The van der Waals surface area contributed by atoms with Crippen LogP contribution in [-0.4, -0.2) is 0 Å². The van der Waals surface area contributed by atoms with E-state index in [1.165, 1.54) is 121 Å². The van der Waals surface area contributed by atoms with E-state index in [0.717, 1.165) is 0 Å². The normalized spacial score (nSPS) is 14.3. The molecule has 0 aliphatic heterocycles. The van der Waals surface area contributed by atoms with Gasteiger partial charge in [-0.25, -0.2) is 0 Å². The Kier molecular flexibility index (Phi) is 7.42. The average Bonchev–Trinajstić information content (AvgIpc) is 3.67. The van der Waals surface area contributed by atoms with Crippen LogP contribution in [-0.2, 0) is 10.8 Å². The topological polar surface area (TPSA) is 0 Å². The molecule has 0 unspecified atom stereocenters. The summed E-state index contributed by atoms with van der Waals surface area (Å²) >= 11 is 0. The Balaban J connectivity index is 1.03. The minimum atomic E-state index is -0.160. The lowest BCUT2D eigenvalue weighted by Gasteiger charge is -2.24. The predicted octanol–water partition coefficient (Wildman–Crippen LogP) is 16.4. The molecule has 0 spiro atoms. The fourth-order valence-corrected chi connectivity index (χ4v) is 11.1. The highest BCUT2D eigenvalue weighted by molar-refractivity contribution is 6.12. The zero-order valence-corrected chi connectivity index (χ0v) is 34.5. The second kappa shape index (κ2) is 12.7. The van der Waals surface area contributed by atoms with Crippen LogP contribution >= 0.6 is 0 Å². The van der Waals surface area contributed by atoms with Crippen molar-refractivity contribution in [2.75, 3.05) is 0 Å². The maximum absolute atomic E-state index is 2.50. The summed E-state index contributed by atoms with van der Waals surface area (Å²) in [6.45, 7) is 9.66. The lowest BCUT2D eigenvalue weighted by Crippen LogP contribution is -2.15. The summed E-state index contributed by atoms with van der Waals surface area (Å²) < 4.78 is 0. The van der Waals surface area contributed by atoms with Crippen LogP contribution in [0.3, 0.4) is 0 Å². The van der Waals surface area contributed by atoms with Crippen molar-refractivity contribution < 1.29 is 0 Å². The molecule has 284 valence electrons. The zero-order chi connectivity index (χ0) is 40.3. The summed E-state index contributed by atoms with van der Waals surface area (Å²) in [5.74, 6) is 0. The lowest BCUT2D eigenvalue weighted by molar-refractivity contribution is 0.660. The van der Waals surface area contributed by atoms with Gasteiger partial charge in [-0.1, -0.05) is 210 Å². The van der Waals surface area contributed by atoms with Gasteiger partial charge in [0.05, 0.1) is 0 Å². The first-order valence-corrected chi connectivity index (χ1v) is 21.3. The molecule has 0 heterocycles. The van der Waals surface area contributed by atoms with Crippen LogP contribution in [0.4, 0.5) is 0 Å². The van der Waals surface area contributed by atoms with E-state index in [1.54, 1.807) is 0 Å². The van der Waals surface area contributed by atoms with Crippen LogP contribution in [0.1, 0.15) is 49.9 Å². The van der Waals surface area contributed by atoms with Crippen molar-refractivity contribution in [3.05, 3.63) is 216 Å². The molecule has 0 atom stereocenters. The van der Waals surface area contributed by atoms with Gasteiger partial charge in [0.2, 0.25) is 0 Å². The van der Waals surface area contributed by atoms with Gasteiger partial charge in [-0.05, 0) is 133 Å². The number of hydrogen-bond acceptors (Lipinski definition) is 0. The zero-order valence-electron chi connectivity index (χ0n) is 34.5. The minimum Gasteiger partial charge on any atom is -0.0622 e.